The van der Waals surface area contributed by atoms with E-state index < -0.39 is 27.2 Å². The van der Waals surface area contributed by atoms with Crippen LogP contribution in [0.5, 0.6) is 0 Å². The zero-order chi connectivity index (χ0) is 24.5. The number of aliphatic hydroxyl groups excluding tert-OH is 1. The summed E-state index contributed by atoms with van der Waals surface area (Å²) in [4.78, 5) is 0. The van der Waals surface area contributed by atoms with Crippen LogP contribution in [0, 0.1) is 19.8 Å². The molecule has 0 aromatic carbocycles. The van der Waals surface area contributed by atoms with Crippen LogP contribution >= 0.6 is 22.9 Å². The summed E-state index contributed by atoms with van der Waals surface area (Å²) in [6, 6.07) is 0.997. The van der Waals surface area contributed by atoms with Crippen LogP contribution in [-0.2, 0) is 10.0 Å². The van der Waals surface area contributed by atoms with Crippen LogP contribution in [0.1, 0.15) is 50.8 Å². The summed E-state index contributed by atoms with van der Waals surface area (Å²) in [7, 11) is -3.78. The van der Waals surface area contributed by atoms with Crippen LogP contribution in [0.15, 0.2) is 20.5 Å². The Hall–Kier alpha value is -1.80. The second-order valence-corrected chi connectivity index (χ2v) is 12.1. The Morgan fingerprint density at radius 1 is 1.30 bits per heavy atom. The molecule has 3 N–H and O–H groups in total. The molecule has 10 nitrogen and oxygen atoms in total. The smallest absolute Gasteiger partial charge is 0.252 e. The van der Waals surface area contributed by atoms with Crippen LogP contribution in [0.2, 0.25) is 0 Å². The number of sulfonamides is 1. The van der Waals surface area contributed by atoms with Crippen molar-refractivity contribution < 1.29 is 22.5 Å². The number of nitrogens with zero attached hydrogens (tertiary/aromatic N) is 3. The van der Waals surface area contributed by atoms with Crippen LogP contribution < -0.4 is 10.6 Å². The monoisotopic (exact) mass is 517 g/mol. The Labute approximate surface area is 202 Å². The van der Waals surface area contributed by atoms with Crippen molar-refractivity contribution in [2.75, 3.05) is 29.5 Å². The van der Waals surface area contributed by atoms with Crippen molar-refractivity contribution in [3.8, 4) is 0 Å². The average molecular weight is 518 g/mol. The molecule has 3 rings (SSSR count). The van der Waals surface area contributed by atoms with Gasteiger partial charge in [-0.1, -0.05) is 27.7 Å². The summed E-state index contributed by atoms with van der Waals surface area (Å²) in [6.45, 7) is 12.0. The van der Waals surface area contributed by atoms with E-state index >= 15 is 0 Å². The largest absolute Gasteiger partial charge is 0.546 e. The molecule has 0 fully saturated rings. The predicted octanol–water partition coefficient (Wildman–Crippen LogP) is 4.15. The fraction of sp³-hybridized carbons (Fsp3) is 0.600. The third-order valence-electron chi connectivity index (χ3n) is 5.52. The minimum absolute atomic E-state index is 0.0727. The highest BCUT2D eigenvalue weighted by atomic mass is 32.3. The van der Waals surface area contributed by atoms with Crippen LogP contribution in [0.25, 0.3) is 0 Å². The molecule has 0 amide bonds. The van der Waals surface area contributed by atoms with Crippen molar-refractivity contribution in [3.05, 3.63) is 33.1 Å². The molecule has 1 aliphatic rings. The van der Waals surface area contributed by atoms with Gasteiger partial charge in [-0.05, 0) is 31.4 Å². The molecule has 0 saturated heterocycles. The summed E-state index contributed by atoms with van der Waals surface area (Å²) in [5.41, 5.74) is 1.03. The van der Waals surface area contributed by atoms with E-state index in [1.165, 1.54) is 4.31 Å². The zero-order valence-corrected chi connectivity index (χ0v) is 22.0. The maximum Gasteiger partial charge on any atom is 0.252 e. The van der Waals surface area contributed by atoms with E-state index in [4.69, 9.17) is 4.42 Å². The topological polar surface area (TPSA) is 144 Å². The van der Waals surface area contributed by atoms with Gasteiger partial charge < -0.3 is 24.7 Å². The predicted molar refractivity (Wildman–Crippen MR) is 131 cm³/mol. The Balaban J connectivity index is 1.86. The van der Waals surface area contributed by atoms with Gasteiger partial charge in [-0.2, -0.15) is 4.31 Å². The number of aryl methyl sites for hydroxylation is 2. The number of nitrogens with one attached hydrogen (secondary N) is 2. The molecule has 1 aliphatic heterocycles. The fourth-order valence-electron chi connectivity index (χ4n) is 3.54. The number of hydrogen-bond acceptors (Lipinski definition) is 10. The van der Waals surface area contributed by atoms with E-state index in [1.807, 2.05) is 33.8 Å². The van der Waals surface area contributed by atoms with Crippen LogP contribution in [0.3, 0.4) is 0 Å². The van der Waals surface area contributed by atoms with Gasteiger partial charge in [0.2, 0.25) is 11.6 Å². The second kappa shape index (κ2) is 10.2. The molecule has 0 aliphatic carbocycles. The number of aliphatic hydroxyl groups is 1. The third-order valence-corrected chi connectivity index (χ3v) is 10.0. The number of furan rings is 1. The maximum absolute atomic E-state index is 12.8. The van der Waals surface area contributed by atoms with Gasteiger partial charge in [-0.15, -0.1) is 11.8 Å². The van der Waals surface area contributed by atoms with Gasteiger partial charge in [0.05, 0.1) is 12.1 Å². The molecule has 0 bridgehead atoms. The van der Waals surface area contributed by atoms with Crippen molar-refractivity contribution >= 4 is 44.6 Å². The normalized spacial score (nSPS) is 18.5. The van der Waals surface area contributed by atoms with E-state index in [2.05, 4.69) is 19.4 Å². The Bertz CT molecular complexity index is 1100. The molecule has 33 heavy (non-hydrogen) atoms. The van der Waals surface area contributed by atoms with Crippen LogP contribution in [0.4, 0.5) is 11.6 Å². The highest BCUT2D eigenvalue weighted by molar-refractivity contribution is 8.18. The number of aromatic nitrogens is 2. The van der Waals surface area contributed by atoms with Gasteiger partial charge in [0, 0.05) is 27.6 Å². The highest BCUT2D eigenvalue weighted by Gasteiger charge is 2.38. The lowest BCUT2D eigenvalue weighted by atomic mass is 10.0. The molecule has 3 heterocycles. The van der Waals surface area contributed by atoms with Crippen LogP contribution in [-0.4, -0.2) is 56.0 Å². The molecular weight excluding hydrogens is 486 g/mol. The van der Waals surface area contributed by atoms with Gasteiger partial charge in [0.25, 0.3) is 10.0 Å². The van der Waals surface area contributed by atoms with Crippen molar-refractivity contribution in [3.63, 3.8) is 0 Å². The van der Waals surface area contributed by atoms with Crippen molar-refractivity contribution in [2.45, 2.75) is 53.6 Å². The minimum atomic E-state index is -3.78. The first-order chi connectivity index (χ1) is 15.5. The molecular formula is C20H31N5O5S3. The Morgan fingerprint density at radius 3 is 2.48 bits per heavy atom. The van der Waals surface area contributed by atoms with Gasteiger partial charge in [0.1, 0.15) is 17.3 Å². The van der Waals surface area contributed by atoms with E-state index in [0.717, 1.165) is 28.8 Å². The van der Waals surface area contributed by atoms with Crippen molar-refractivity contribution in [1.29, 1.82) is 0 Å². The van der Waals surface area contributed by atoms with E-state index in [9.17, 15) is 18.1 Å². The fourth-order valence-corrected chi connectivity index (χ4v) is 7.46. The molecule has 3 atom stereocenters. The highest BCUT2D eigenvalue weighted by Crippen LogP contribution is 2.39. The van der Waals surface area contributed by atoms with Crippen molar-refractivity contribution in [1.82, 2.24) is 13.1 Å². The molecule has 0 spiro atoms. The number of hydrogen-bond donors (Lipinski definition) is 3. The minimum Gasteiger partial charge on any atom is -0.546 e. The molecule has 0 radical (unpaired) electrons. The Kier molecular flexibility index (Phi) is 7.99. The molecule has 0 saturated carbocycles. The molecule has 2 aromatic heterocycles. The molecule has 184 valence electrons. The van der Waals surface area contributed by atoms with E-state index in [0.29, 0.717) is 13.1 Å². The SMILES string of the molecule is CCN(CC)S(=O)(=O)C1=C(O)C(Nc2n[s+]([O-])nc2N[C@@H](c2cc(C)c(C)o2)C(C)C)CS1. The third kappa shape index (κ3) is 5.32. The summed E-state index contributed by atoms with van der Waals surface area (Å²) in [6.07, 6.45) is 0. The van der Waals surface area contributed by atoms with Crippen molar-refractivity contribution in [2.24, 2.45) is 5.92 Å². The number of rotatable bonds is 10. The molecule has 13 heteroatoms. The first kappa shape index (κ1) is 25.8. The van der Waals surface area contributed by atoms with Gasteiger partial charge in [-0.25, -0.2) is 8.42 Å². The first-order valence-corrected chi connectivity index (χ1v) is 14.2. The summed E-state index contributed by atoms with van der Waals surface area (Å²) in [5, 5.41) is 17.0. The molecule has 2 aromatic rings. The number of anilines is 2. The van der Waals surface area contributed by atoms with E-state index in [1.54, 1.807) is 13.8 Å². The summed E-state index contributed by atoms with van der Waals surface area (Å²) >= 11 is -0.765. The zero-order valence-electron chi connectivity index (χ0n) is 19.6. The summed E-state index contributed by atoms with van der Waals surface area (Å²) < 4.78 is 53.0. The average Bonchev–Trinajstić information content (AvgIpc) is 3.38. The quantitative estimate of drug-likeness (QED) is 0.393. The van der Waals surface area contributed by atoms with Gasteiger partial charge in [-0.3, -0.25) is 0 Å². The second-order valence-electron chi connectivity index (χ2n) is 8.13. The molecule has 2 unspecified atom stereocenters. The first-order valence-electron chi connectivity index (χ1n) is 10.7. The van der Waals surface area contributed by atoms with Gasteiger partial charge >= 0.3 is 0 Å². The lowest BCUT2D eigenvalue weighted by Gasteiger charge is -2.20. The lowest BCUT2D eigenvalue weighted by Crippen LogP contribution is -2.31. The van der Waals surface area contributed by atoms with E-state index in [-0.39, 0.29) is 39.3 Å². The lowest BCUT2D eigenvalue weighted by molar-refractivity contribution is 0.383. The standard InChI is InChI=1S/C20H31N5O5S3/c1-7-25(8-2)33(28,29)20-17(26)14(10-31-20)21-18-19(24-32(27)23-18)22-16(11(3)4)15-9-12(5)13(6)30-15/h9,11,14,16,26H,7-8,10H2,1-6H3,(H,21,23)(H,22,24)/t14?,16-,32?/m1/s1. The number of thioether (sulfide) groups is 1. The summed E-state index contributed by atoms with van der Waals surface area (Å²) in [5.74, 6) is 2.16. The Morgan fingerprint density at radius 2 is 1.94 bits per heavy atom. The maximum atomic E-state index is 12.8. The van der Waals surface area contributed by atoms with Gasteiger partial charge in [0.15, 0.2) is 15.4 Å².